The lowest BCUT2D eigenvalue weighted by molar-refractivity contribution is -0.170. The second-order valence-electron chi connectivity index (χ2n) is 10.2. The standard InChI is InChI=1S/C23H32O4/c1-14(24)27-22(4)13-9-16-15-6-7-18(25)23(5)19(26)10-12-21(23,3)17(15)8-11-20(16,22)2/h8,15-16H,6-7,9-13H2,1-5H3/t15?,16?,20-,21+,22-,23-/m0/s1. The van der Waals surface area contributed by atoms with Gasteiger partial charge in [-0.3, -0.25) is 14.4 Å². The largest absolute Gasteiger partial charge is 0.459 e. The van der Waals surface area contributed by atoms with Crippen molar-refractivity contribution < 1.29 is 19.1 Å². The highest BCUT2D eigenvalue weighted by molar-refractivity contribution is 6.09. The van der Waals surface area contributed by atoms with Crippen LogP contribution in [0.3, 0.4) is 0 Å². The van der Waals surface area contributed by atoms with Gasteiger partial charge in [0.25, 0.3) is 0 Å². The van der Waals surface area contributed by atoms with E-state index >= 15 is 0 Å². The SMILES string of the molecule is CC(=O)O[C@@]1(C)CCC2C3CCC(=O)[C@@]4(C)C(=O)CC[C@]4(C)C3=CC[C@@]21C. The van der Waals surface area contributed by atoms with Gasteiger partial charge in [-0.25, -0.2) is 0 Å². The zero-order valence-electron chi connectivity index (χ0n) is 17.3. The molecule has 0 N–H and O–H groups in total. The third kappa shape index (κ3) is 2.13. The summed E-state index contributed by atoms with van der Waals surface area (Å²) in [6.45, 7) is 9.89. The summed E-state index contributed by atoms with van der Waals surface area (Å²) in [4.78, 5) is 37.6. The number of hydrogen-bond acceptors (Lipinski definition) is 4. The van der Waals surface area contributed by atoms with Crippen LogP contribution in [0.5, 0.6) is 0 Å². The molecule has 0 aliphatic heterocycles. The van der Waals surface area contributed by atoms with Crippen LogP contribution in [0.4, 0.5) is 0 Å². The summed E-state index contributed by atoms with van der Waals surface area (Å²) in [6.07, 6.45) is 7.64. The van der Waals surface area contributed by atoms with E-state index in [4.69, 9.17) is 4.74 Å². The Morgan fingerprint density at radius 3 is 2.37 bits per heavy atom. The Kier molecular flexibility index (Phi) is 3.88. The second-order valence-corrected chi connectivity index (χ2v) is 10.2. The molecule has 0 amide bonds. The number of ketones is 2. The van der Waals surface area contributed by atoms with Crippen molar-refractivity contribution in [2.24, 2.45) is 28.1 Å². The maximum atomic E-state index is 13.1. The normalized spacial score (nSPS) is 49.0. The molecule has 0 aromatic heterocycles. The molecule has 4 rings (SSSR count). The second kappa shape index (κ2) is 5.55. The van der Waals surface area contributed by atoms with Crippen molar-refractivity contribution in [1.82, 2.24) is 0 Å². The average molecular weight is 373 g/mol. The minimum atomic E-state index is -0.862. The first kappa shape index (κ1) is 18.9. The number of allylic oxidation sites excluding steroid dienone is 2. The number of Topliss-reactive ketones (excluding diaryl/α,β-unsaturated/α-hetero) is 2. The molecule has 0 bridgehead atoms. The molecular weight excluding hydrogens is 340 g/mol. The Morgan fingerprint density at radius 1 is 1.04 bits per heavy atom. The predicted octanol–water partition coefficient (Wildman–Crippen LogP) is 4.41. The molecule has 2 unspecified atom stereocenters. The number of rotatable bonds is 1. The van der Waals surface area contributed by atoms with Gasteiger partial charge in [0.2, 0.25) is 0 Å². The summed E-state index contributed by atoms with van der Waals surface area (Å²) in [6, 6.07) is 0. The van der Waals surface area contributed by atoms with Crippen molar-refractivity contribution >= 4 is 17.5 Å². The van der Waals surface area contributed by atoms with Crippen LogP contribution in [-0.4, -0.2) is 23.1 Å². The van der Waals surface area contributed by atoms with Crippen LogP contribution in [-0.2, 0) is 19.1 Å². The summed E-state index contributed by atoms with van der Waals surface area (Å²) >= 11 is 0. The van der Waals surface area contributed by atoms with Crippen molar-refractivity contribution in [3.63, 3.8) is 0 Å². The number of esters is 1. The Hall–Kier alpha value is -1.45. The van der Waals surface area contributed by atoms with Gasteiger partial charge in [-0.05, 0) is 57.8 Å². The lowest BCUT2D eigenvalue weighted by Gasteiger charge is -2.51. The van der Waals surface area contributed by atoms with E-state index in [1.165, 1.54) is 12.5 Å². The van der Waals surface area contributed by atoms with E-state index in [0.29, 0.717) is 24.7 Å². The van der Waals surface area contributed by atoms with Gasteiger partial charge >= 0.3 is 5.97 Å². The first-order valence-corrected chi connectivity index (χ1v) is 10.5. The summed E-state index contributed by atoms with van der Waals surface area (Å²) in [5.74, 6) is 0.741. The highest BCUT2D eigenvalue weighted by Gasteiger charge is 2.67. The molecule has 0 heterocycles. The molecule has 3 fully saturated rings. The average Bonchev–Trinajstić information content (AvgIpc) is 2.95. The van der Waals surface area contributed by atoms with Gasteiger partial charge in [-0.2, -0.15) is 0 Å². The van der Waals surface area contributed by atoms with Crippen molar-refractivity contribution in [1.29, 1.82) is 0 Å². The van der Waals surface area contributed by atoms with Crippen molar-refractivity contribution in [3.05, 3.63) is 11.6 Å². The summed E-state index contributed by atoms with van der Waals surface area (Å²) in [7, 11) is 0. The molecule has 4 heteroatoms. The van der Waals surface area contributed by atoms with E-state index in [9.17, 15) is 14.4 Å². The van der Waals surface area contributed by atoms with E-state index < -0.39 is 11.0 Å². The van der Waals surface area contributed by atoms with Gasteiger partial charge in [0.1, 0.15) is 17.2 Å². The Labute approximate surface area is 162 Å². The van der Waals surface area contributed by atoms with Gasteiger partial charge in [-0.15, -0.1) is 0 Å². The monoisotopic (exact) mass is 372 g/mol. The van der Waals surface area contributed by atoms with E-state index in [2.05, 4.69) is 26.8 Å². The molecule has 0 saturated heterocycles. The topological polar surface area (TPSA) is 60.4 Å². The van der Waals surface area contributed by atoms with Crippen molar-refractivity contribution in [2.45, 2.75) is 85.2 Å². The van der Waals surface area contributed by atoms with E-state index in [1.54, 1.807) is 0 Å². The van der Waals surface area contributed by atoms with Crippen molar-refractivity contribution in [2.75, 3.05) is 0 Å². The molecule has 148 valence electrons. The molecule has 4 aliphatic rings. The Morgan fingerprint density at radius 2 is 1.70 bits per heavy atom. The van der Waals surface area contributed by atoms with Gasteiger partial charge in [0.15, 0.2) is 0 Å². The first-order valence-electron chi connectivity index (χ1n) is 10.5. The van der Waals surface area contributed by atoms with Crippen LogP contribution >= 0.6 is 0 Å². The van der Waals surface area contributed by atoms with Gasteiger partial charge in [-0.1, -0.05) is 25.5 Å². The Bertz CT molecular complexity index is 766. The maximum absolute atomic E-state index is 13.1. The van der Waals surface area contributed by atoms with Crippen LogP contribution in [0, 0.1) is 28.1 Å². The fraction of sp³-hybridized carbons (Fsp3) is 0.783. The van der Waals surface area contributed by atoms with Crippen LogP contribution < -0.4 is 0 Å². The highest BCUT2D eigenvalue weighted by atomic mass is 16.6. The quantitative estimate of drug-likeness (QED) is 0.389. The fourth-order valence-corrected chi connectivity index (χ4v) is 7.21. The number of fused-ring (bicyclic) bond motifs is 5. The van der Waals surface area contributed by atoms with Crippen LogP contribution in [0.15, 0.2) is 11.6 Å². The summed E-state index contributed by atoms with van der Waals surface area (Å²) in [5.41, 5.74) is -0.452. The minimum Gasteiger partial charge on any atom is -0.459 e. The molecule has 4 nitrogen and oxygen atoms in total. The van der Waals surface area contributed by atoms with Gasteiger partial charge in [0.05, 0.1) is 5.41 Å². The van der Waals surface area contributed by atoms with Gasteiger partial charge in [0, 0.05) is 30.6 Å². The molecule has 3 saturated carbocycles. The molecule has 0 spiro atoms. The van der Waals surface area contributed by atoms with Crippen LogP contribution in [0.2, 0.25) is 0 Å². The number of carbonyl (C=O) groups is 3. The zero-order valence-corrected chi connectivity index (χ0v) is 17.3. The summed E-state index contributed by atoms with van der Waals surface area (Å²) in [5, 5.41) is 0. The first-order chi connectivity index (χ1) is 12.5. The van der Waals surface area contributed by atoms with E-state index in [1.807, 2.05) is 6.92 Å². The van der Waals surface area contributed by atoms with E-state index in [0.717, 1.165) is 32.1 Å². The Balaban J connectivity index is 1.80. The number of hydrogen-bond donors (Lipinski definition) is 0. The maximum Gasteiger partial charge on any atom is 0.303 e. The lowest BCUT2D eigenvalue weighted by Crippen LogP contribution is -2.51. The molecule has 0 aromatic rings. The number of carbonyl (C=O) groups excluding carboxylic acids is 3. The molecule has 4 aliphatic carbocycles. The molecule has 0 aromatic carbocycles. The third-order valence-corrected chi connectivity index (χ3v) is 9.35. The molecule has 0 radical (unpaired) electrons. The smallest absolute Gasteiger partial charge is 0.303 e. The van der Waals surface area contributed by atoms with Crippen LogP contribution in [0.1, 0.15) is 79.6 Å². The fourth-order valence-electron chi connectivity index (χ4n) is 7.21. The minimum absolute atomic E-state index is 0.115. The zero-order chi connectivity index (χ0) is 19.8. The third-order valence-electron chi connectivity index (χ3n) is 9.35. The predicted molar refractivity (Wildman–Crippen MR) is 102 cm³/mol. The molecular formula is C23H32O4. The molecule has 27 heavy (non-hydrogen) atoms. The lowest BCUT2D eigenvalue weighted by atomic mass is 9.53. The summed E-state index contributed by atoms with van der Waals surface area (Å²) < 4.78 is 5.86. The van der Waals surface area contributed by atoms with Crippen LogP contribution in [0.25, 0.3) is 0 Å². The highest BCUT2D eigenvalue weighted by Crippen LogP contribution is 2.68. The van der Waals surface area contributed by atoms with Gasteiger partial charge < -0.3 is 4.74 Å². The van der Waals surface area contributed by atoms with E-state index in [-0.39, 0.29) is 28.4 Å². The van der Waals surface area contributed by atoms with Crippen molar-refractivity contribution in [3.8, 4) is 0 Å². The molecule has 6 atom stereocenters. The number of ether oxygens (including phenoxy) is 1.